The van der Waals surface area contributed by atoms with Gasteiger partial charge in [-0.2, -0.15) is 0 Å². The summed E-state index contributed by atoms with van der Waals surface area (Å²) >= 11 is 7.81. The van der Waals surface area contributed by atoms with E-state index in [9.17, 15) is 0 Å². The number of halogens is 1. The molecular weight excluding hydrogens is 294 g/mol. The fourth-order valence-corrected chi connectivity index (χ4v) is 2.91. The summed E-state index contributed by atoms with van der Waals surface area (Å²) in [5.41, 5.74) is 6.63. The highest BCUT2D eigenvalue weighted by Gasteiger charge is 2.12. The lowest BCUT2D eigenvalue weighted by Crippen LogP contribution is -2.08. The molecule has 0 fully saturated rings. The molecule has 0 aliphatic rings. The van der Waals surface area contributed by atoms with E-state index in [1.165, 1.54) is 4.88 Å². The van der Waals surface area contributed by atoms with Crippen LogP contribution in [0, 0.1) is 0 Å². The van der Waals surface area contributed by atoms with E-state index in [-0.39, 0.29) is 0 Å². The summed E-state index contributed by atoms with van der Waals surface area (Å²) < 4.78 is 11.3. The quantitative estimate of drug-likeness (QED) is 0.850. The van der Waals surface area contributed by atoms with Crippen molar-refractivity contribution in [3.63, 3.8) is 0 Å². The van der Waals surface area contributed by atoms with Gasteiger partial charge >= 0.3 is 0 Å². The van der Waals surface area contributed by atoms with Gasteiger partial charge in [0.1, 0.15) is 0 Å². The number of benzene rings is 1. The highest BCUT2D eigenvalue weighted by atomic mass is 35.5. The molecule has 0 saturated heterocycles. The lowest BCUT2D eigenvalue weighted by molar-refractivity contribution is 0.295. The molecule has 1 aromatic carbocycles. The average Bonchev–Trinajstić information content (AvgIpc) is 2.94. The molecule has 2 rings (SSSR count). The summed E-state index contributed by atoms with van der Waals surface area (Å²) in [6.45, 7) is 1.15. The maximum atomic E-state index is 6.08. The summed E-state index contributed by atoms with van der Waals surface area (Å²) in [7, 11) is 1.62. The monoisotopic (exact) mass is 311 g/mol. The van der Waals surface area contributed by atoms with E-state index in [1.807, 2.05) is 12.1 Å². The Morgan fingerprint density at radius 3 is 2.80 bits per heavy atom. The van der Waals surface area contributed by atoms with Crippen LogP contribution in [0.4, 0.5) is 0 Å². The molecule has 1 heterocycles. The molecule has 5 heteroatoms. The van der Waals surface area contributed by atoms with Crippen LogP contribution in [0.15, 0.2) is 29.6 Å². The molecule has 0 radical (unpaired) electrons. The van der Waals surface area contributed by atoms with Crippen LogP contribution < -0.4 is 15.2 Å². The molecule has 2 N–H and O–H groups in total. The topological polar surface area (TPSA) is 44.5 Å². The Bertz CT molecular complexity index is 543. The molecule has 2 aromatic rings. The third-order valence-corrected chi connectivity index (χ3v) is 4.06. The molecule has 0 spiro atoms. The molecule has 1 aromatic heterocycles. The number of methoxy groups -OCH3 is 1. The first-order valence-electron chi connectivity index (χ1n) is 6.46. The van der Waals surface area contributed by atoms with Gasteiger partial charge in [0.15, 0.2) is 11.5 Å². The summed E-state index contributed by atoms with van der Waals surface area (Å²) in [5.74, 6) is 1.41. The molecule has 0 aliphatic carbocycles. The number of rotatable bonds is 7. The summed E-state index contributed by atoms with van der Waals surface area (Å²) in [6.07, 6.45) is 1.59. The van der Waals surface area contributed by atoms with E-state index in [0.29, 0.717) is 30.3 Å². The van der Waals surface area contributed by atoms with Crippen LogP contribution in [-0.2, 0) is 12.8 Å². The van der Waals surface area contributed by atoms with Crippen molar-refractivity contribution in [1.29, 1.82) is 0 Å². The van der Waals surface area contributed by atoms with E-state index in [2.05, 4.69) is 11.4 Å². The SMILES string of the molecule is COc1cc(Cl)cc(CCN)c1OCCc1cccs1. The smallest absolute Gasteiger partial charge is 0.164 e. The molecular formula is C15H18ClNO2S. The normalized spacial score (nSPS) is 10.6. The predicted octanol–water partition coefficient (Wildman–Crippen LogP) is 3.53. The molecule has 0 atom stereocenters. The largest absolute Gasteiger partial charge is 0.493 e. The maximum absolute atomic E-state index is 6.08. The Labute approximate surface area is 128 Å². The molecule has 0 unspecified atom stereocenters. The Kier molecular flexibility index (Phi) is 5.71. The van der Waals surface area contributed by atoms with Gasteiger partial charge in [0.2, 0.25) is 0 Å². The van der Waals surface area contributed by atoms with Gasteiger partial charge < -0.3 is 15.2 Å². The van der Waals surface area contributed by atoms with Gasteiger partial charge in [0, 0.05) is 28.0 Å². The third-order valence-electron chi connectivity index (χ3n) is 2.91. The number of hydrogen-bond donors (Lipinski definition) is 1. The van der Waals surface area contributed by atoms with Gasteiger partial charge in [-0.25, -0.2) is 0 Å². The average molecular weight is 312 g/mol. The lowest BCUT2D eigenvalue weighted by Gasteiger charge is -2.15. The first-order valence-corrected chi connectivity index (χ1v) is 7.72. The second-order valence-electron chi connectivity index (χ2n) is 4.31. The van der Waals surface area contributed by atoms with Crippen LogP contribution in [0.1, 0.15) is 10.4 Å². The predicted molar refractivity (Wildman–Crippen MR) is 84.3 cm³/mol. The molecule has 0 amide bonds. The van der Waals surface area contributed by atoms with Crippen molar-refractivity contribution < 1.29 is 9.47 Å². The number of thiophene rings is 1. The van der Waals surface area contributed by atoms with Crippen molar-refractivity contribution in [3.8, 4) is 11.5 Å². The van der Waals surface area contributed by atoms with Crippen LogP contribution in [0.5, 0.6) is 11.5 Å². The first kappa shape index (κ1) is 15.2. The van der Waals surface area contributed by atoms with E-state index >= 15 is 0 Å². The second-order valence-corrected chi connectivity index (χ2v) is 5.78. The molecule has 0 aliphatic heterocycles. The van der Waals surface area contributed by atoms with Crippen molar-refractivity contribution in [3.05, 3.63) is 45.1 Å². The molecule has 0 bridgehead atoms. The van der Waals surface area contributed by atoms with Gasteiger partial charge in [0.05, 0.1) is 13.7 Å². The van der Waals surface area contributed by atoms with Crippen molar-refractivity contribution in [2.24, 2.45) is 5.73 Å². The Morgan fingerprint density at radius 2 is 2.15 bits per heavy atom. The van der Waals surface area contributed by atoms with Crippen LogP contribution in [0.25, 0.3) is 0 Å². The Hall–Kier alpha value is -1.23. The fourth-order valence-electron chi connectivity index (χ4n) is 1.99. The maximum Gasteiger partial charge on any atom is 0.164 e. The van der Waals surface area contributed by atoms with E-state index in [0.717, 1.165) is 17.7 Å². The molecule has 0 saturated carbocycles. The fraction of sp³-hybridized carbons (Fsp3) is 0.333. The van der Waals surface area contributed by atoms with Crippen LogP contribution in [-0.4, -0.2) is 20.3 Å². The minimum Gasteiger partial charge on any atom is -0.493 e. The summed E-state index contributed by atoms with van der Waals surface area (Å²) in [4.78, 5) is 1.30. The molecule has 108 valence electrons. The van der Waals surface area contributed by atoms with Gasteiger partial charge in [-0.05, 0) is 30.5 Å². The zero-order valence-corrected chi connectivity index (χ0v) is 13.0. The zero-order chi connectivity index (χ0) is 14.4. The zero-order valence-electron chi connectivity index (χ0n) is 11.4. The van der Waals surface area contributed by atoms with Crippen molar-refractivity contribution >= 4 is 22.9 Å². The lowest BCUT2D eigenvalue weighted by atomic mass is 10.1. The van der Waals surface area contributed by atoms with Crippen LogP contribution in [0.3, 0.4) is 0 Å². The Morgan fingerprint density at radius 1 is 1.30 bits per heavy atom. The van der Waals surface area contributed by atoms with Gasteiger partial charge in [-0.1, -0.05) is 17.7 Å². The van der Waals surface area contributed by atoms with Crippen molar-refractivity contribution in [2.45, 2.75) is 12.8 Å². The van der Waals surface area contributed by atoms with E-state index in [1.54, 1.807) is 24.5 Å². The van der Waals surface area contributed by atoms with Crippen LogP contribution >= 0.6 is 22.9 Å². The van der Waals surface area contributed by atoms with E-state index < -0.39 is 0 Å². The summed E-state index contributed by atoms with van der Waals surface area (Å²) in [5, 5.41) is 2.70. The minimum absolute atomic E-state index is 0.546. The standard InChI is InChI=1S/C15H18ClNO2S/c1-18-14-10-12(16)9-11(4-6-17)15(14)19-7-5-13-3-2-8-20-13/h2-3,8-10H,4-7,17H2,1H3. The van der Waals surface area contributed by atoms with Gasteiger partial charge in [-0.15, -0.1) is 11.3 Å². The summed E-state index contributed by atoms with van der Waals surface area (Å²) in [6, 6.07) is 7.80. The molecule has 20 heavy (non-hydrogen) atoms. The highest BCUT2D eigenvalue weighted by molar-refractivity contribution is 7.09. The minimum atomic E-state index is 0.546. The van der Waals surface area contributed by atoms with E-state index in [4.69, 9.17) is 26.8 Å². The van der Waals surface area contributed by atoms with Crippen LogP contribution in [0.2, 0.25) is 5.02 Å². The number of hydrogen-bond acceptors (Lipinski definition) is 4. The third kappa shape index (κ3) is 3.88. The second kappa shape index (κ2) is 7.53. The number of nitrogens with two attached hydrogens (primary N) is 1. The van der Waals surface area contributed by atoms with Gasteiger partial charge in [0.25, 0.3) is 0 Å². The van der Waals surface area contributed by atoms with Crippen molar-refractivity contribution in [2.75, 3.05) is 20.3 Å². The Balaban J connectivity index is 2.11. The van der Waals surface area contributed by atoms with Gasteiger partial charge in [-0.3, -0.25) is 0 Å². The number of ether oxygens (including phenoxy) is 2. The van der Waals surface area contributed by atoms with Crippen molar-refractivity contribution in [1.82, 2.24) is 0 Å². The first-order chi connectivity index (χ1) is 9.74. The molecule has 3 nitrogen and oxygen atoms in total. The highest BCUT2D eigenvalue weighted by Crippen LogP contribution is 2.35.